The molecule has 212 valence electrons. The van der Waals surface area contributed by atoms with E-state index in [4.69, 9.17) is 21.1 Å². The van der Waals surface area contributed by atoms with Crippen molar-refractivity contribution in [3.63, 3.8) is 0 Å². The van der Waals surface area contributed by atoms with Crippen molar-refractivity contribution in [3.05, 3.63) is 82.8 Å². The Morgan fingerprint density at radius 3 is 2.42 bits per heavy atom. The van der Waals surface area contributed by atoms with Gasteiger partial charge in [-0.2, -0.15) is 0 Å². The second-order valence-corrected chi connectivity index (χ2v) is 11.2. The Balaban J connectivity index is 1.35. The summed E-state index contributed by atoms with van der Waals surface area (Å²) in [5, 5.41) is 0.556. The topological polar surface area (TPSA) is 75.2 Å². The minimum Gasteiger partial charge on any atom is -0.444 e. The molecule has 1 fully saturated rings. The van der Waals surface area contributed by atoms with Crippen molar-refractivity contribution in [1.29, 1.82) is 0 Å². The van der Waals surface area contributed by atoms with Crippen LogP contribution in [0.3, 0.4) is 0 Å². The lowest BCUT2D eigenvalue weighted by Crippen LogP contribution is -2.54. The number of hydrogen-bond acceptors (Lipinski definition) is 6. The summed E-state index contributed by atoms with van der Waals surface area (Å²) in [4.78, 5) is 35.3. The second kappa shape index (κ2) is 12.2. The largest absolute Gasteiger partial charge is 0.444 e. The van der Waals surface area contributed by atoms with Crippen molar-refractivity contribution in [2.24, 2.45) is 0 Å². The monoisotopic (exact) mass is 568 g/mol. The van der Waals surface area contributed by atoms with Crippen LogP contribution in [-0.4, -0.2) is 65.1 Å². The van der Waals surface area contributed by atoms with Crippen molar-refractivity contribution < 1.29 is 23.5 Å². The molecule has 0 aliphatic carbocycles. The smallest absolute Gasteiger partial charge is 0.410 e. The Bertz CT molecular complexity index is 1350. The molecule has 1 aliphatic rings. The summed E-state index contributed by atoms with van der Waals surface area (Å²) < 4.78 is 24.2. The molecule has 2 amide bonds. The number of pyridine rings is 1. The molecule has 1 aromatic heterocycles. The number of ether oxygens (including phenoxy) is 2. The quantitative estimate of drug-likeness (QED) is 0.343. The number of halogens is 2. The number of amides is 2. The predicted molar refractivity (Wildman–Crippen MR) is 153 cm³/mol. The van der Waals surface area contributed by atoms with Crippen LogP contribution in [0.25, 0.3) is 0 Å². The number of carbonyl (C=O) groups excluding carboxylic acids is 2. The van der Waals surface area contributed by atoms with Gasteiger partial charge in [-0.3, -0.25) is 9.69 Å². The summed E-state index contributed by atoms with van der Waals surface area (Å²) in [5.74, 6) is 0.126. The number of anilines is 1. The van der Waals surface area contributed by atoms with Crippen molar-refractivity contribution in [3.8, 4) is 11.6 Å². The Morgan fingerprint density at radius 1 is 1.10 bits per heavy atom. The molecule has 0 saturated carbocycles. The zero-order valence-corrected chi connectivity index (χ0v) is 24.1. The summed E-state index contributed by atoms with van der Waals surface area (Å²) in [5.41, 5.74) is 1.43. The van der Waals surface area contributed by atoms with E-state index in [1.807, 2.05) is 39.8 Å². The highest BCUT2D eigenvalue weighted by molar-refractivity contribution is 6.31. The van der Waals surface area contributed by atoms with Crippen LogP contribution < -0.4 is 9.64 Å². The number of hydrogen-bond donors (Lipinski definition) is 0. The molecule has 4 rings (SSSR count). The summed E-state index contributed by atoms with van der Waals surface area (Å²) >= 11 is 6.64. The number of benzene rings is 2. The van der Waals surface area contributed by atoms with Gasteiger partial charge in [0.1, 0.15) is 17.2 Å². The summed E-state index contributed by atoms with van der Waals surface area (Å²) in [6.45, 7) is 10.2. The normalized spacial score (nSPS) is 16.0. The number of nitrogens with zero attached hydrogens (tertiary/aromatic N) is 4. The fraction of sp³-hybridized carbons (Fsp3) is 0.367. The molecule has 0 unspecified atom stereocenters. The fourth-order valence-electron chi connectivity index (χ4n) is 4.38. The van der Waals surface area contributed by atoms with Crippen LogP contribution in [-0.2, 0) is 11.3 Å². The van der Waals surface area contributed by atoms with Crippen LogP contribution in [0.1, 0.15) is 43.6 Å². The van der Waals surface area contributed by atoms with Crippen LogP contribution >= 0.6 is 11.6 Å². The maximum Gasteiger partial charge on any atom is 0.410 e. The van der Waals surface area contributed by atoms with Crippen LogP contribution in [0.2, 0.25) is 5.02 Å². The van der Waals surface area contributed by atoms with Gasteiger partial charge in [-0.05, 0) is 75.7 Å². The van der Waals surface area contributed by atoms with Gasteiger partial charge in [-0.1, -0.05) is 17.7 Å². The first-order chi connectivity index (χ1) is 18.9. The Labute approximate surface area is 239 Å². The van der Waals surface area contributed by atoms with E-state index in [2.05, 4.69) is 9.88 Å². The Hall–Kier alpha value is -3.69. The zero-order valence-electron chi connectivity index (χ0n) is 23.4. The van der Waals surface area contributed by atoms with E-state index in [9.17, 15) is 14.0 Å². The molecule has 10 heteroatoms. The van der Waals surface area contributed by atoms with Gasteiger partial charge in [0.2, 0.25) is 5.88 Å². The first kappa shape index (κ1) is 29.3. The maximum atomic E-state index is 13.1. The number of piperazine rings is 1. The summed E-state index contributed by atoms with van der Waals surface area (Å²) in [7, 11) is 1.67. The Morgan fingerprint density at radius 2 is 1.82 bits per heavy atom. The number of aromatic nitrogens is 1. The van der Waals surface area contributed by atoms with Gasteiger partial charge in [0.25, 0.3) is 5.91 Å². The molecule has 40 heavy (non-hydrogen) atoms. The van der Waals surface area contributed by atoms with Gasteiger partial charge in [0, 0.05) is 62.2 Å². The van der Waals surface area contributed by atoms with E-state index in [0.29, 0.717) is 54.1 Å². The van der Waals surface area contributed by atoms with E-state index < -0.39 is 5.60 Å². The maximum absolute atomic E-state index is 13.1. The fourth-order valence-corrected chi connectivity index (χ4v) is 4.62. The van der Waals surface area contributed by atoms with Crippen molar-refractivity contribution in [2.45, 2.75) is 45.9 Å². The molecule has 0 spiro atoms. The van der Waals surface area contributed by atoms with Crippen LogP contribution in [0.5, 0.6) is 11.6 Å². The van der Waals surface area contributed by atoms with E-state index in [0.717, 1.165) is 5.56 Å². The first-order valence-electron chi connectivity index (χ1n) is 13.1. The summed E-state index contributed by atoms with van der Waals surface area (Å²) in [6, 6.07) is 14.4. The van der Waals surface area contributed by atoms with Crippen LogP contribution in [0.15, 0.2) is 60.8 Å². The third-order valence-corrected chi connectivity index (χ3v) is 6.83. The lowest BCUT2D eigenvalue weighted by atomic mass is 10.1. The van der Waals surface area contributed by atoms with Gasteiger partial charge in [-0.15, -0.1) is 0 Å². The van der Waals surface area contributed by atoms with E-state index in [1.165, 1.54) is 35.4 Å². The SMILES string of the molecule is C[C@H]1CN(Cc2ccc(N(C)C(=O)c3ccc(Oc4ccc(F)cc4)nc3)cc2Cl)CCN1C(=O)OC(C)(C)C. The molecular weight excluding hydrogens is 535 g/mol. The van der Waals surface area contributed by atoms with Gasteiger partial charge in [0.05, 0.1) is 5.56 Å². The minimum atomic E-state index is -0.530. The zero-order chi connectivity index (χ0) is 29.0. The van der Waals surface area contributed by atoms with E-state index in [-0.39, 0.29) is 23.9 Å². The summed E-state index contributed by atoms with van der Waals surface area (Å²) in [6.07, 6.45) is 1.14. The van der Waals surface area contributed by atoms with Crippen molar-refractivity contribution >= 4 is 29.3 Å². The Kier molecular flexibility index (Phi) is 8.95. The molecule has 8 nitrogen and oxygen atoms in total. The molecule has 0 radical (unpaired) electrons. The first-order valence-corrected chi connectivity index (χ1v) is 13.5. The predicted octanol–water partition coefficient (Wildman–Crippen LogP) is 6.38. The third kappa shape index (κ3) is 7.49. The number of rotatable bonds is 6. The lowest BCUT2D eigenvalue weighted by molar-refractivity contribution is 0.000550. The second-order valence-electron chi connectivity index (χ2n) is 10.8. The van der Waals surface area contributed by atoms with Gasteiger partial charge in [0.15, 0.2) is 0 Å². The van der Waals surface area contributed by atoms with E-state index in [1.54, 1.807) is 30.1 Å². The van der Waals surface area contributed by atoms with Gasteiger partial charge in [-0.25, -0.2) is 14.2 Å². The van der Waals surface area contributed by atoms with Crippen molar-refractivity contribution in [2.75, 3.05) is 31.6 Å². The molecule has 0 bridgehead atoms. The molecule has 0 N–H and O–H groups in total. The highest BCUT2D eigenvalue weighted by atomic mass is 35.5. The lowest BCUT2D eigenvalue weighted by Gasteiger charge is -2.40. The molecule has 3 aromatic rings. The van der Waals surface area contributed by atoms with Crippen molar-refractivity contribution in [1.82, 2.24) is 14.8 Å². The molecule has 2 aromatic carbocycles. The standard InChI is InChI=1S/C30H34ClFN4O4/c1-20-18-35(14-15-36(20)29(38)40-30(2,3)4)19-22-6-10-24(16-26(22)31)34(5)28(37)21-7-13-27(33-17-21)39-25-11-8-23(32)9-12-25/h6-13,16-17,20H,14-15,18-19H2,1-5H3/t20-/m0/s1. The molecule has 1 aliphatic heterocycles. The average Bonchev–Trinajstić information content (AvgIpc) is 2.90. The molecular formula is C30H34ClFN4O4. The minimum absolute atomic E-state index is 0.00601. The average molecular weight is 569 g/mol. The van der Waals surface area contributed by atoms with E-state index >= 15 is 0 Å². The van der Waals surface area contributed by atoms with Gasteiger partial charge < -0.3 is 19.3 Å². The highest BCUT2D eigenvalue weighted by Crippen LogP contribution is 2.27. The number of carbonyl (C=O) groups is 2. The van der Waals surface area contributed by atoms with Crippen LogP contribution in [0.4, 0.5) is 14.9 Å². The van der Waals surface area contributed by atoms with Gasteiger partial charge >= 0.3 is 6.09 Å². The third-order valence-electron chi connectivity index (χ3n) is 6.48. The molecule has 2 heterocycles. The van der Waals surface area contributed by atoms with Crippen LogP contribution in [0, 0.1) is 5.82 Å². The highest BCUT2D eigenvalue weighted by Gasteiger charge is 2.31. The molecule has 1 saturated heterocycles. The molecule has 1 atom stereocenters.